The summed E-state index contributed by atoms with van der Waals surface area (Å²) in [5, 5.41) is 12.1. The van der Waals surface area contributed by atoms with E-state index in [0.717, 1.165) is 6.42 Å². The third-order valence-electron chi connectivity index (χ3n) is 2.61. The van der Waals surface area contributed by atoms with Gasteiger partial charge in [0.2, 0.25) is 5.88 Å². The van der Waals surface area contributed by atoms with E-state index < -0.39 is 23.4 Å². The lowest BCUT2D eigenvalue weighted by Gasteiger charge is -2.24. The van der Waals surface area contributed by atoms with Crippen LogP contribution in [0.3, 0.4) is 0 Å². The van der Waals surface area contributed by atoms with Crippen LogP contribution in [0.1, 0.15) is 44.5 Å². The van der Waals surface area contributed by atoms with Crippen molar-refractivity contribution >= 4 is 23.4 Å². The number of esters is 1. The maximum Gasteiger partial charge on any atom is 0.331 e. The van der Waals surface area contributed by atoms with E-state index in [1.807, 2.05) is 6.92 Å². The molecule has 0 aliphatic heterocycles. The zero-order valence-electron chi connectivity index (χ0n) is 13.1. The zero-order valence-corrected chi connectivity index (χ0v) is 13.9. The summed E-state index contributed by atoms with van der Waals surface area (Å²) < 4.78 is 5.27. The Balaban J connectivity index is 3.01. The Labute approximate surface area is 134 Å². The summed E-state index contributed by atoms with van der Waals surface area (Å²) in [6.07, 6.45) is 1.93. The highest BCUT2D eigenvalue weighted by Crippen LogP contribution is 2.21. The van der Waals surface area contributed by atoms with E-state index >= 15 is 0 Å². The number of hydrogen-bond donors (Lipinski definition) is 2. The molecule has 0 aliphatic rings. The van der Waals surface area contributed by atoms with Crippen LogP contribution in [-0.4, -0.2) is 40.0 Å². The van der Waals surface area contributed by atoms with E-state index in [9.17, 15) is 14.7 Å². The second kappa shape index (κ2) is 7.56. The summed E-state index contributed by atoms with van der Waals surface area (Å²) in [5.74, 6) is -1.53. The molecule has 22 heavy (non-hydrogen) atoms. The molecule has 0 bridgehead atoms. The summed E-state index contributed by atoms with van der Waals surface area (Å²) >= 11 is 5.75. The van der Waals surface area contributed by atoms with Gasteiger partial charge in [0, 0.05) is 11.8 Å². The first-order chi connectivity index (χ1) is 10.2. The number of hydrogen-bond acceptors (Lipinski definition) is 6. The molecule has 122 valence electrons. The monoisotopic (exact) mass is 328 g/mol. The molecule has 1 heterocycles. The molecule has 0 radical (unpaired) electrons. The van der Waals surface area contributed by atoms with Crippen LogP contribution in [-0.2, 0) is 9.53 Å². The minimum Gasteiger partial charge on any atom is -0.492 e. The fourth-order valence-electron chi connectivity index (χ4n) is 1.66. The topological polar surface area (TPSA) is 88.5 Å². The standard InChI is InChI=1S/C15H21ClN2O4/c1-5-6-17-11(14(21)22-15(2,3)4)12(19)9-7-10(16)13(20)18-8-9/h7-8,11,17H,5-6H2,1-4H3,(H,18,20). The molecule has 2 N–H and O–H groups in total. The van der Waals surface area contributed by atoms with Gasteiger partial charge in [0.25, 0.3) is 0 Å². The van der Waals surface area contributed by atoms with Gasteiger partial charge < -0.3 is 9.84 Å². The van der Waals surface area contributed by atoms with Crippen molar-refractivity contribution in [2.24, 2.45) is 0 Å². The normalized spacial score (nSPS) is 12.8. The van der Waals surface area contributed by atoms with Crippen LogP contribution >= 0.6 is 11.6 Å². The number of halogens is 1. The molecule has 1 aromatic heterocycles. The van der Waals surface area contributed by atoms with Gasteiger partial charge in [-0.1, -0.05) is 18.5 Å². The Morgan fingerprint density at radius 2 is 2.09 bits per heavy atom. The highest BCUT2D eigenvalue weighted by molar-refractivity contribution is 6.32. The number of rotatable bonds is 6. The molecule has 1 atom stereocenters. The van der Waals surface area contributed by atoms with Crippen molar-refractivity contribution in [3.05, 3.63) is 22.8 Å². The fraction of sp³-hybridized carbons (Fsp3) is 0.533. The SMILES string of the molecule is CCCNC(C(=O)OC(C)(C)C)C(=O)c1cnc(O)c(Cl)c1. The maximum absolute atomic E-state index is 12.5. The number of nitrogens with zero attached hydrogens (tertiary/aromatic N) is 1. The lowest BCUT2D eigenvalue weighted by molar-refractivity contribution is -0.155. The van der Waals surface area contributed by atoms with Crippen LogP contribution in [0, 0.1) is 0 Å². The summed E-state index contributed by atoms with van der Waals surface area (Å²) in [4.78, 5) is 28.3. The number of ketones is 1. The largest absolute Gasteiger partial charge is 0.492 e. The Kier molecular flexibility index (Phi) is 6.32. The van der Waals surface area contributed by atoms with Gasteiger partial charge in [0.15, 0.2) is 11.8 Å². The van der Waals surface area contributed by atoms with Crippen molar-refractivity contribution in [3.8, 4) is 5.88 Å². The van der Waals surface area contributed by atoms with Crippen LogP contribution in [0.5, 0.6) is 5.88 Å². The van der Waals surface area contributed by atoms with Gasteiger partial charge in [-0.2, -0.15) is 0 Å². The molecular weight excluding hydrogens is 308 g/mol. The minimum atomic E-state index is -1.14. The fourth-order valence-corrected chi connectivity index (χ4v) is 1.83. The first-order valence-electron chi connectivity index (χ1n) is 7.00. The predicted molar refractivity (Wildman–Crippen MR) is 83.2 cm³/mol. The Hall–Kier alpha value is -1.66. The van der Waals surface area contributed by atoms with Gasteiger partial charge in [-0.25, -0.2) is 9.78 Å². The van der Waals surface area contributed by atoms with Gasteiger partial charge in [-0.3, -0.25) is 10.1 Å². The first-order valence-corrected chi connectivity index (χ1v) is 7.38. The van der Waals surface area contributed by atoms with Crippen LogP contribution in [0.15, 0.2) is 12.3 Å². The Morgan fingerprint density at radius 3 is 2.59 bits per heavy atom. The van der Waals surface area contributed by atoms with Gasteiger partial charge in [0.05, 0.1) is 0 Å². The van der Waals surface area contributed by atoms with Crippen molar-refractivity contribution in [2.75, 3.05) is 6.54 Å². The molecule has 0 saturated carbocycles. The van der Waals surface area contributed by atoms with Gasteiger partial charge in [0.1, 0.15) is 10.6 Å². The summed E-state index contributed by atoms with van der Waals surface area (Å²) in [6.45, 7) is 7.58. The third kappa shape index (κ3) is 5.27. The molecule has 7 heteroatoms. The molecule has 1 unspecified atom stereocenters. The highest BCUT2D eigenvalue weighted by atomic mass is 35.5. The molecule has 0 amide bonds. The molecule has 1 rings (SSSR count). The number of nitrogens with one attached hydrogen (secondary N) is 1. The smallest absolute Gasteiger partial charge is 0.331 e. The van der Waals surface area contributed by atoms with E-state index in [2.05, 4.69) is 10.3 Å². The number of Topliss-reactive ketones (excluding diaryl/α,β-unsaturated/α-hetero) is 1. The van der Waals surface area contributed by atoms with Crippen LogP contribution in [0.4, 0.5) is 0 Å². The lowest BCUT2D eigenvalue weighted by atomic mass is 10.1. The molecule has 0 aromatic carbocycles. The van der Waals surface area contributed by atoms with E-state index in [1.165, 1.54) is 12.3 Å². The lowest BCUT2D eigenvalue weighted by Crippen LogP contribution is -2.47. The van der Waals surface area contributed by atoms with E-state index in [1.54, 1.807) is 20.8 Å². The molecule has 6 nitrogen and oxygen atoms in total. The number of aromatic hydroxyl groups is 1. The van der Waals surface area contributed by atoms with Crippen molar-refractivity contribution in [2.45, 2.75) is 45.8 Å². The van der Waals surface area contributed by atoms with Crippen molar-refractivity contribution in [1.82, 2.24) is 10.3 Å². The quantitative estimate of drug-likeness (QED) is 0.473. The van der Waals surface area contributed by atoms with Crippen LogP contribution in [0.2, 0.25) is 5.02 Å². The van der Waals surface area contributed by atoms with E-state index in [4.69, 9.17) is 16.3 Å². The molecule has 0 spiro atoms. The molecule has 1 aromatic rings. The predicted octanol–water partition coefficient (Wildman–Crippen LogP) is 2.33. The van der Waals surface area contributed by atoms with E-state index in [-0.39, 0.29) is 16.5 Å². The summed E-state index contributed by atoms with van der Waals surface area (Å²) in [6, 6.07) is 0.138. The number of pyridine rings is 1. The van der Waals surface area contributed by atoms with Gasteiger partial charge in [-0.15, -0.1) is 0 Å². The number of aromatic nitrogens is 1. The highest BCUT2D eigenvalue weighted by Gasteiger charge is 2.31. The average molecular weight is 329 g/mol. The van der Waals surface area contributed by atoms with E-state index in [0.29, 0.717) is 6.54 Å². The van der Waals surface area contributed by atoms with Crippen LogP contribution in [0.25, 0.3) is 0 Å². The molecule has 0 aliphatic carbocycles. The molecular formula is C15H21ClN2O4. The second-order valence-corrected chi connectivity index (χ2v) is 6.22. The third-order valence-corrected chi connectivity index (χ3v) is 2.89. The van der Waals surface area contributed by atoms with Crippen LogP contribution < -0.4 is 5.32 Å². The van der Waals surface area contributed by atoms with Crippen molar-refractivity contribution in [3.63, 3.8) is 0 Å². The number of carbonyl (C=O) groups is 2. The molecule has 0 fully saturated rings. The van der Waals surface area contributed by atoms with Crippen molar-refractivity contribution in [1.29, 1.82) is 0 Å². The molecule has 0 saturated heterocycles. The second-order valence-electron chi connectivity index (χ2n) is 5.81. The van der Waals surface area contributed by atoms with Gasteiger partial charge in [-0.05, 0) is 39.8 Å². The summed E-state index contributed by atoms with van der Waals surface area (Å²) in [5.41, 5.74) is -0.573. The average Bonchev–Trinajstić information content (AvgIpc) is 2.40. The van der Waals surface area contributed by atoms with Crippen molar-refractivity contribution < 1.29 is 19.4 Å². The maximum atomic E-state index is 12.5. The Bertz CT molecular complexity index is 555. The van der Waals surface area contributed by atoms with Gasteiger partial charge >= 0.3 is 5.97 Å². The Morgan fingerprint density at radius 1 is 1.45 bits per heavy atom. The summed E-state index contributed by atoms with van der Waals surface area (Å²) in [7, 11) is 0. The number of ether oxygens (including phenoxy) is 1. The number of carbonyl (C=O) groups excluding carboxylic acids is 2. The zero-order chi connectivity index (χ0) is 16.9. The minimum absolute atomic E-state index is 0.0516. The first kappa shape index (κ1) is 18.4.